The van der Waals surface area contributed by atoms with Crippen LogP contribution >= 0.6 is 0 Å². The molecule has 0 bridgehead atoms. The van der Waals surface area contributed by atoms with E-state index in [1.807, 2.05) is 37.3 Å². The average molecular weight is 392 g/mol. The van der Waals surface area contributed by atoms with E-state index in [0.717, 1.165) is 41.5 Å². The molecule has 4 nitrogen and oxygen atoms in total. The summed E-state index contributed by atoms with van der Waals surface area (Å²) in [5, 5.41) is 11.5. The number of hydrogen-bond donors (Lipinski definition) is 1. The number of aromatic nitrogens is 1. The molecule has 1 N–H and O–H groups in total. The first-order valence-electron chi connectivity index (χ1n) is 10.4. The van der Waals surface area contributed by atoms with Crippen LogP contribution in [0.4, 0.5) is 0 Å². The fraction of sp³-hybridized carbons (Fsp3) is 0.400. The van der Waals surface area contributed by atoms with Gasteiger partial charge in [-0.15, -0.1) is 0 Å². The van der Waals surface area contributed by atoms with Crippen LogP contribution in [0.2, 0.25) is 0 Å². The minimum atomic E-state index is -0.584. The lowest BCUT2D eigenvalue weighted by Crippen LogP contribution is -2.34. The Morgan fingerprint density at radius 1 is 1.17 bits per heavy atom. The van der Waals surface area contributed by atoms with Crippen LogP contribution < -0.4 is 10.3 Å². The summed E-state index contributed by atoms with van der Waals surface area (Å²) in [4.78, 5) is 11.8. The van der Waals surface area contributed by atoms with E-state index in [9.17, 15) is 9.90 Å². The number of aliphatic hydroxyl groups is 1. The summed E-state index contributed by atoms with van der Waals surface area (Å²) in [5.74, 6) is 1.75. The summed E-state index contributed by atoms with van der Waals surface area (Å²) in [7, 11) is 1.79. The molecule has 1 heterocycles. The number of benzene rings is 2. The Morgan fingerprint density at radius 3 is 2.83 bits per heavy atom. The van der Waals surface area contributed by atoms with Crippen LogP contribution in [-0.4, -0.2) is 15.3 Å². The van der Waals surface area contributed by atoms with E-state index in [-0.39, 0.29) is 5.56 Å². The Bertz CT molecular complexity index is 1080. The number of rotatable bonds is 4. The summed E-state index contributed by atoms with van der Waals surface area (Å²) < 4.78 is 7.74. The highest BCUT2D eigenvalue weighted by molar-refractivity contribution is 5.79. The van der Waals surface area contributed by atoms with Crippen molar-refractivity contribution < 1.29 is 9.84 Å². The van der Waals surface area contributed by atoms with Crippen molar-refractivity contribution in [1.82, 2.24) is 4.57 Å². The molecular formula is C25H29NO3. The van der Waals surface area contributed by atoms with Crippen molar-refractivity contribution in [2.45, 2.75) is 51.2 Å². The number of aryl methyl sites for hydroxylation is 1. The summed E-state index contributed by atoms with van der Waals surface area (Å²) in [6.07, 6.45) is 2.71. The maximum atomic E-state index is 11.8. The van der Waals surface area contributed by atoms with Crippen molar-refractivity contribution in [1.29, 1.82) is 0 Å². The zero-order chi connectivity index (χ0) is 20.6. The lowest BCUT2D eigenvalue weighted by atomic mass is 9.70. The molecule has 1 aromatic heterocycles. The Balaban J connectivity index is 1.51. The van der Waals surface area contributed by atoms with Crippen LogP contribution in [0.3, 0.4) is 0 Å². The van der Waals surface area contributed by atoms with Gasteiger partial charge in [-0.1, -0.05) is 25.1 Å². The molecule has 0 amide bonds. The minimum absolute atomic E-state index is 0.00534. The number of pyridine rings is 1. The van der Waals surface area contributed by atoms with Crippen molar-refractivity contribution in [2.75, 3.05) is 0 Å². The summed E-state index contributed by atoms with van der Waals surface area (Å²) in [6.45, 7) is 4.69. The molecule has 0 aliphatic heterocycles. The monoisotopic (exact) mass is 391 g/mol. The molecule has 2 aromatic carbocycles. The third kappa shape index (κ3) is 4.23. The number of nitrogens with zero attached hydrogens (tertiary/aromatic N) is 1. The average Bonchev–Trinajstić information content (AvgIpc) is 2.71. The standard InChI is InChI=1S/C25H29NO3/c1-17-11-12-25(2,28)15-22(17)19-5-4-6-21(14-19)29-16-18-7-9-23-20(13-18)8-10-24(27)26(23)3/h4-10,13-14,17,22,28H,11-12,15-16H2,1-3H3. The van der Waals surface area contributed by atoms with Gasteiger partial charge in [0.25, 0.3) is 5.56 Å². The van der Waals surface area contributed by atoms with Gasteiger partial charge in [0.05, 0.1) is 11.1 Å². The molecule has 29 heavy (non-hydrogen) atoms. The summed E-state index contributed by atoms with van der Waals surface area (Å²) >= 11 is 0. The molecule has 4 heteroatoms. The van der Waals surface area contributed by atoms with E-state index in [4.69, 9.17) is 4.74 Å². The molecule has 152 valence electrons. The Morgan fingerprint density at radius 2 is 2.00 bits per heavy atom. The SMILES string of the molecule is CC1CCC(C)(O)CC1c1cccc(OCc2ccc3c(ccc(=O)n3C)c2)c1. The van der Waals surface area contributed by atoms with Crippen molar-refractivity contribution in [3.63, 3.8) is 0 Å². The van der Waals surface area contributed by atoms with Crippen LogP contribution in [0.15, 0.2) is 59.4 Å². The molecule has 0 spiro atoms. The fourth-order valence-corrected chi connectivity index (χ4v) is 4.49. The van der Waals surface area contributed by atoms with Crippen LogP contribution in [0.1, 0.15) is 50.2 Å². The molecule has 0 radical (unpaired) electrons. The first kappa shape index (κ1) is 19.7. The van der Waals surface area contributed by atoms with Gasteiger partial charge in [-0.3, -0.25) is 4.79 Å². The van der Waals surface area contributed by atoms with Crippen molar-refractivity contribution >= 4 is 10.9 Å². The molecule has 1 aliphatic rings. The maximum Gasteiger partial charge on any atom is 0.250 e. The Labute approximate surface area is 171 Å². The van der Waals surface area contributed by atoms with Crippen molar-refractivity contribution in [3.8, 4) is 5.75 Å². The highest BCUT2D eigenvalue weighted by Gasteiger charge is 2.35. The lowest BCUT2D eigenvalue weighted by molar-refractivity contribution is 0.000224. The van der Waals surface area contributed by atoms with E-state index >= 15 is 0 Å². The predicted octanol–water partition coefficient (Wildman–Crippen LogP) is 4.77. The molecule has 1 aliphatic carbocycles. The normalized spacial score (nSPS) is 24.6. The smallest absolute Gasteiger partial charge is 0.250 e. The maximum absolute atomic E-state index is 11.8. The van der Waals surface area contributed by atoms with E-state index in [0.29, 0.717) is 18.4 Å². The molecule has 3 unspecified atom stereocenters. The van der Waals surface area contributed by atoms with Gasteiger partial charge < -0.3 is 14.4 Å². The van der Waals surface area contributed by atoms with E-state index < -0.39 is 5.60 Å². The lowest BCUT2D eigenvalue weighted by Gasteiger charge is -2.38. The van der Waals surface area contributed by atoms with Crippen molar-refractivity contribution in [3.05, 3.63) is 76.1 Å². The third-order valence-electron chi connectivity index (χ3n) is 6.37. The van der Waals surface area contributed by atoms with Gasteiger partial charge in [0.1, 0.15) is 12.4 Å². The molecule has 1 fully saturated rings. The van der Waals surface area contributed by atoms with Gasteiger partial charge in [-0.05, 0) is 84.9 Å². The van der Waals surface area contributed by atoms with Gasteiger partial charge >= 0.3 is 0 Å². The predicted molar refractivity (Wildman–Crippen MR) is 116 cm³/mol. The summed E-state index contributed by atoms with van der Waals surface area (Å²) in [5.41, 5.74) is 2.63. The fourth-order valence-electron chi connectivity index (χ4n) is 4.49. The number of ether oxygens (including phenoxy) is 1. The highest BCUT2D eigenvalue weighted by Crippen LogP contribution is 2.42. The molecular weight excluding hydrogens is 362 g/mol. The van der Waals surface area contributed by atoms with Crippen LogP contribution in [-0.2, 0) is 13.7 Å². The van der Waals surface area contributed by atoms with Gasteiger partial charge in [0, 0.05) is 13.1 Å². The first-order chi connectivity index (χ1) is 13.8. The highest BCUT2D eigenvalue weighted by atomic mass is 16.5. The second-order valence-electron chi connectivity index (χ2n) is 8.81. The zero-order valence-corrected chi connectivity index (χ0v) is 17.4. The minimum Gasteiger partial charge on any atom is -0.489 e. The molecule has 0 saturated heterocycles. The van der Waals surface area contributed by atoms with Crippen molar-refractivity contribution in [2.24, 2.45) is 13.0 Å². The van der Waals surface area contributed by atoms with Gasteiger partial charge in [-0.25, -0.2) is 0 Å². The van der Waals surface area contributed by atoms with Gasteiger partial charge in [0.15, 0.2) is 0 Å². The number of fused-ring (bicyclic) bond motifs is 1. The molecule has 1 saturated carbocycles. The number of hydrogen-bond acceptors (Lipinski definition) is 3. The Hall–Kier alpha value is -2.59. The topological polar surface area (TPSA) is 51.5 Å². The van der Waals surface area contributed by atoms with Crippen LogP contribution in [0.25, 0.3) is 10.9 Å². The first-order valence-corrected chi connectivity index (χ1v) is 10.4. The quantitative estimate of drug-likeness (QED) is 0.697. The second-order valence-corrected chi connectivity index (χ2v) is 8.81. The van der Waals surface area contributed by atoms with E-state index in [1.54, 1.807) is 17.7 Å². The Kier molecular flexibility index (Phi) is 5.22. The van der Waals surface area contributed by atoms with Gasteiger partial charge in [0.2, 0.25) is 0 Å². The summed E-state index contributed by atoms with van der Waals surface area (Å²) in [6, 6.07) is 17.8. The van der Waals surface area contributed by atoms with E-state index in [2.05, 4.69) is 25.1 Å². The zero-order valence-electron chi connectivity index (χ0n) is 17.4. The van der Waals surface area contributed by atoms with Crippen LogP contribution in [0, 0.1) is 5.92 Å². The largest absolute Gasteiger partial charge is 0.489 e. The molecule has 3 aromatic rings. The second kappa shape index (κ2) is 7.68. The van der Waals surface area contributed by atoms with Crippen LogP contribution in [0.5, 0.6) is 5.75 Å². The molecule has 4 rings (SSSR count). The molecule has 3 atom stereocenters. The third-order valence-corrected chi connectivity index (χ3v) is 6.37. The van der Waals surface area contributed by atoms with Gasteiger partial charge in [-0.2, -0.15) is 0 Å². The van der Waals surface area contributed by atoms with E-state index in [1.165, 1.54) is 5.56 Å².